The number of hydrogen-bond donors (Lipinski definition) is 2. The van der Waals surface area contributed by atoms with Crippen LogP contribution in [0.2, 0.25) is 0 Å². The molecule has 0 heterocycles. The quantitative estimate of drug-likeness (QED) is 0.534. The third kappa shape index (κ3) is 4.01. The van der Waals surface area contributed by atoms with Gasteiger partial charge in [-0.05, 0) is 20.0 Å². The minimum atomic E-state index is -3.22. The number of nitrogens with zero attached hydrogens (tertiary/aromatic N) is 1. The van der Waals surface area contributed by atoms with E-state index in [-0.39, 0.29) is 0 Å². The third-order valence-corrected chi connectivity index (χ3v) is 3.09. The molecule has 74 valence electrons. The Balaban J connectivity index is 3.80. The molecule has 12 heavy (non-hydrogen) atoms. The fourth-order valence-electron chi connectivity index (χ4n) is 0.755. The van der Waals surface area contributed by atoms with Gasteiger partial charge in [0.15, 0.2) is 0 Å². The highest BCUT2D eigenvalue weighted by molar-refractivity contribution is 7.87. The molecular formula is C6H17N3O2S. The van der Waals surface area contributed by atoms with Crippen molar-refractivity contribution in [2.75, 3.05) is 34.2 Å². The molecule has 2 N–H and O–H groups in total. The molecule has 0 saturated heterocycles. The fraction of sp³-hybridized carbons (Fsp3) is 1.00. The van der Waals surface area contributed by atoms with E-state index in [1.54, 1.807) is 7.05 Å². The molecular weight excluding hydrogens is 178 g/mol. The molecule has 0 aromatic carbocycles. The molecule has 0 saturated carbocycles. The molecule has 0 amide bonds. The molecule has 0 aromatic heterocycles. The monoisotopic (exact) mass is 195 g/mol. The SMILES string of the molecule is CNCCCN(C)S(=O)(=O)NC. The van der Waals surface area contributed by atoms with Crippen LogP contribution in [0.4, 0.5) is 0 Å². The van der Waals surface area contributed by atoms with Crippen LogP contribution in [0.1, 0.15) is 6.42 Å². The van der Waals surface area contributed by atoms with E-state index < -0.39 is 10.2 Å². The first-order chi connectivity index (χ1) is 5.54. The lowest BCUT2D eigenvalue weighted by molar-refractivity contribution is 0.452. The lowest BCUT2D eigenvalue weighted by atomic mass is 10.4. The fourth-order valence-corrected chi connectivity index (χ4v) is 1.44. The number of nitrogens with one attached hydrogen (secondary N) is 2. The molecule has 0 aliphatic heterocycles. The summed E-state index contributed by atoms with van der Waals surface area (Å²) in [6.07, 6.45) is 0.813. The van der Waals surface area contributed by atoms with Crippen LogP contribution in [0, 0.1) is 0 Å². The molecule has 0 aromatic rings. The second kappa shape index (κ2) is 5.47. The van der Waals surface area contributed by atoms with Crippen molar-refractivity contribution < 1.29 is 8.42 Å². The summed E-state index contributed by atoms with van der Waals surface area (Å²) < 4.78 is 25.7. The molecule has 0 unspecified atom stereocenters. The molecule has 0 spiro atoms. The second-order valence-corrected chi connectivity index (χ2v) is 4.47. The Labute approximate surface area is 74.3 Å². The Kier molecular flexibility index (Phi) is 5.39. The van der Waals surface area contributed by atoms with E-state index in [4.69, 9.17) is 0 Å². The van der Waals surface area contributed by atoms with Crippen molar-refractivity contribution in [1.82, 2.24) is 14.3 Å². The molecule has 5 nitrogen and oxygen atoms in total. The summed E-state index contributed by atoms with van der Waals surface area (Å²) in [5.74, 6) is 0. The maximum Gasteiger partial charge on any atom is 0.278 e. The lowest BCUT2D eigenvalue weighted by Gasteiger charge is -2.15. The molecule has 0 atom stereocenters. The van der Waals surface area contributed by atoms with E-state index in [9.17, 15) is 8.42 Å². The van der Waals surface area contributed by atoms with Crippen molar-refractivity contribution >= 4 is 10.2 Å². The zero-order valence-corrected chi connectivity index (χ0v) is 8.61. The highest BCUT2D eigenvalue weighted by Crippen LogP contribution is 1.93. The molecule has 0 aliphatic carbocycles. The average Bonchev–Trinajstić information content (AvgIpc) is 2.05. The Morgan fingerprint density at radius 2 is 1.92 bits per heavy atom. The zero-order chi connectivity index (χ0) is 9.61. The van der Waals surface area contributed by atoms with Gasteiger partial charge in [0.25, 0.3) is 10.2 Å². The predicted molar refractivity (Wildman–Crippen MR) is 49.2 cm³/mol. The first kappa shape index (κ1) is 11.8. The zero-order valence-electron chi connectivity index (χ0n) is 7.79. The van der Waals surface area contributed by atoms with E-state index in [0.29, 0.717) is 6.54 Å². The third-order valence-electron chi connectivity index (χ3n) is 1.57. The van der Waals surface area contributed by atoms with Gasteiger partial charge < -0.3 is 5.32 Å². The van der Waals surface area contributed by atoms with E-state index in [2.05, 4.69) is 10.0 Å². The summed E-state index contributed by atoms with van der Waals surface area (Å²) in [5, 5.41) is 2.95. The highest BCUT2D eigenvalue weighted by Gasteiger charge is 2.13. The molecule has 6 heteroatoms. The van der Waals surface area contributed by atoms with Gasteiger partial charge >= 0.3 is 0 Å². The standard InChI is InChI=1S/C6H17N3O2S/c1-7-5-4-6-9(3)12(10,11)8-2/h7-8H,4-6H2,1-3H3. The van der Waals surface area contributed by atoms with Crippen LogP contribution in [0.3, 0.4) is 0 Å². The van der Waals surface area contributed by atoms with Crippen molar-refractivity contribution in [3.05, 3.63) is 0 Å². The Morgan fingerprint density at radius 3 is 2.33 bits per heavy atom. The molecule has 0 rings (SSSR count). The van der Waals surface area contributed by atoms with Crippen LogP contribution in [0.5, 0.6) is 0 Å². The van der Waals surface area contributed by atoms with E-state index in [1.807, 2.05) is 7.05 Å². The first-order valence-electron chi connectivity index (χ1n) is 3.84. The molecule has 0 bridgehead atoms. The van der Waals surface area contributed by atoms with Crippen LogP contribution in [-0.2, 0) is 10.2 Å². The maximum atomic E-state index is 11.1. The van der Waals surface area contributed by atoms with Crippen molar-refractivity contribution in [2.45, 2.75) is 6.42 Å². The van der Waals surface area contributed by atoms with Gasteiger partial charge in [-0.25, -0.2) is 4.72 Å². The van der Waals surface area contributed by atoms with Gasteiger partial charge in [-0.3, -0.25) is 0 Å². The largest absolute Gasteiger partial charge is 0.320 e. The lowest BCUT2D eigenvalue weighted by Crippen LogP contribution is -2.37. The van der Waals surface area contributed by atoms with Crippen LogP contribution in [0.25, 0.3) is 0 Å². The average molecular weight is 195 g/mol. The van der Waals surface area contributed by atoms with Crippen molar-refractivity contribution in [2.24, 2.45) is 0 Å². The van der Waals surface area contributed by atoms with Gasteiger partial charge in [-0.2, -0.15) is 12.7 Å². The van der Waals surface area contributed by atoms with Gasteiger partial charge in [-0.15, -0.1) is 0 Å². The molecule has 0 radical (unpaired) electrons. The van der Waals surface area contributed by atoms with E-state index in [0.717, 1.165) is 13.0 Å². The molecule has 0 aliphatic rings. The van der Waals surface area contributed by atoms with E-state index >= 15 is 0 Å². The van der Waals surface area contributed by atoms with Gasteiger partial charge in [0.05, 0.1) is 0 Å². The van der Waals surface area contributed by atoms with Crippen molar-refractivity contribution in [3.63, 3.8) is 0 Å². The van der Waals surface area contributed by atoms with Crippen LogP contribution >= 0.6 is 0 Å². The topological polar surface area (TPSA) is 61.4 Å². The minimum Gasteiger partial charge on any atom is -0.320 e. The second-order valence-electron chi connectivity index (χ2n) is 2.49. The summed E-state index contributed by atoms with van der Waals surface area (Å²) in [7, 11) is 1.58. The van der Waals surface area contributed by atoms with E-state index in [1.165, 1.54) is 11.4 Å². The normalized spacial score (nSPS) is 12.3. The predicted octanol–water partition coefficient (Wildman–Crippen LogP) is -1.01. The summed E-state index contributed by atoms with van der Waals surface area (Å²) in [6.45, 7) is 1.35. The van der Waals surface area contributed by atoms with Crippen LogP contribution in [0.15, 0.2) is 0 Å². The highest BCUT2D eigenvalue weighted by atomic mass is 32.2. The number of rotatable bonds is 6. The summed E-state index contributed by atoms with van der Waals surface area (Å²) >= 11 is 0. The Bertz CT molecular complexity index is 203. The van der Waals surface area contributed by atoms with Gasteiger partial charge in [0.2, 0.25) is 0 Å². The maximum absolute atomic E-state index is 11.1. The Morgan fingerprint density at radius 1 is 1.33 bits per heavy atom. The first-order valence-corrected chi connectivity index (χ1v) is 5.28. The van der Waals surface area contributed by atoms with Crippen LogP contribution in [-0.4, -0.2) is 47.0 Å². The Hall–Kier alpha value is -0.170. The number of hydrogen-bond acceptors (Lipinski definition) is 3. The summed E-state index contributed by atoms with van der Waals surface area (Å²) in [6, 6.07) is 0. The smallest absolute Gasteiger partial charge is 0.278 e. The summed E-state index contributed by atoms with van der Waals surface area (Å²) in [5.41, 5.74) is 0. The van der Waals surface area contributed by atoms with Crippen LogP contribution < -0.4 is 10.0 Å². The minimum absolute atomic E-state index is 0.532. The van der Waals surface area contributed by atoms with Crippen molar-refractivity contribution in [3.8, 4) is 0 Å². The van der Waals surface area contributed by atoms with Gasteiger partial charge in [-0.1, -0.05) is 0 Å². The van der Waals surface area contributed by atoms with Gasteiger partial charge in [0.1, 0.15) is 0 Å². The van der Waals surface area contributed by atoms with Crippen molar-refractivity contribution in [1.29, 1.82) is 0 Å². The molecule has 0 fully saturated rings. The summed E-state index contributed by atoms with van der Waals surface area (Å²) in [4.78, 5) is 0. The van der Waals surface area contributed by atoms with Gasteiger partial charge in [0, 0.05) is 20.6 Å².